The SMILES string of the molecule is C[C@@H](NC(=O)C(Cl)c1ccccc1)C1CCCC1. The summed E-state index contributed by atoms with van der Waals surface area (Å²) in [5.41, 5.74) is 0.857. The lowest BCUT2D eigenvalue weighted by molar-refractivity contribution is -0.121. The Labute approximate surface area is 114 Å². The molecule has 1 aliphatic rings. The van der Waals surface area contributed by atoms with Crippen LogP contribution in [0.1, 0.15) is 43.5 Å². The van der Waals surface area contributed by atoms with Crippen molar-refractivity contribution in [1.29, 1.82) is 0 Å². The highest BCUT2D eigenvalue weighted by atomic mass is 35.5. The zero-order valence-electron chi connectivity index (χ0n) is 10.7. The fraction of sp³-hybridized carbons (Fsp3) is 0.533. The summed E-state index contributed by atoms with van der Waals surface area (Å²) in [7, 11) is 0. The highest BCUT2D eigenvalue weighted by molar-refractivity contribution is 6.30. The van der Waals surface area contributed by atoms with Gasteiger partial charge in [0.2, 0.25) is 5.91 Å². The van der Waals surface area contributed by atoms with Gasteiger partial charge in [-0.15, -0.1) is 11.6 Å². The minimum absolute atomic E-state index is 0.0812. The minimum atomic E-state index is -0.588. The van der Waals surface area contributed by atoms with E-state index in [4.69, 9.17) is 11.6 Å². The Bertz CT molecular complexity index is 387. The van der Waals surface area contributed by atoms with E-state index in [0.29, 0.717) is 5.92 Å². The lowest BCUT2D eigenvalue weighted by Gasteiger charge is -2.22. The van der Waals surface area contributed by atoms with E-state index < -0.39 is 5.38 Å². The molecule has 1 N–H and O–H groups in total. The quantitative estimate of drug-likeness (QED) is 0.827. The van der Waals surface area contributed by atoms with Gasteiger partial charge in [-0.2, -0.15) is 0 Å². The zero-order valence-corrected chi connectivity index (χ0v) is 11.5. The summed E-state index contributed by atoms with van der Waals surface area (Å²) >= 11 is 6.20. The molecule has 18 heavy (non-hydrogen) atoms. The third-order valence-electron chi connectivity index (χ3n) is 3.80. The summed E-state index contributed by atoms with van der Waals surface area (Å²) < 4.78 is 0. The monoisotopic (exact) mass is 265 g/mol. The van der Waals surface area contributed by atoms with E-state index in [1.807, 2.05) is 30.3 Å². The van der Waals surface area contributed by atoms with Gasteiger partial charge < -0.3 is 5.32 Å². The fourth-order valence-corrected chi connectivity index (χ4v) is 2.85. The Morgan fingerprint density at radius 2 is 1.89 bits per heavy atom. The van der Waals surface area contributed by atoms with Gasteiger partial charge >= 0.3 is 0 Å². The summed E-state index contributed by atoms with van der Waals surface area (Å²) in [6.07, 6.45) is 5.02. The van der Waals surface area contributed by atoms with E-state index in [1.165, 1.54) is 25.7 Å². The fourth-order valence-electron chi connectivity index (χ4n) is 2.65. The minimum Gasteiger partial charge on any atom is -0.352 e. The van der Waals surface area contributed by atoms with Gasteiger partial charge in [-0.1, -0.05) is 43.2 Å². The van der Waals surface area contributed by atoms with E-state index in [0.717, 1.165) is 5.56 Å². The maximum Gasteiger partial charge on any atom is 0.242 e. The molecule has 1 aliphatic carbocycles. The van der Waals surface area contributed by atoms with Crippen LogP contribution >= 0.6 is 11.6 Å². The number of rotatable bonds is 4. The molecule has 0 heterocycles. The first-order chi connectivity index (χ1) is 8.68. The topological polar surface area (TPSA) is 29.1 Å². The van der Waals surface area contributed by atoms with Crippen LogP contribution in [0.3, 0.4) is 0 Å². The van der Waals surface area contributed by atoms with Gasteiger partial charge in [0, 0.05) is 6.04 Å². The normalized spacial score (nSPS) is 19.4. The van der Waals surface area contributed by atoms with Crippen LogP contribution in [0.15, 0.2) is 30.3 Å². The molecule has 1 fully saturated rings. The smallest absolute Gasteiger partial charge is 0.242 e. The van der Waals surface area contributed by atoms with Crippen molar-refractivity contribution in [2.45, 2.75) is 44.0 Å². The van der Waals surface area contributed by atoms with Gasteiger partial charge in [0.05, 0.1) is 0 Å². The van der Waals surface area contributed by atoms with E-state index in [1.54, 1.807) is 0 Å². The number of carbonyl (C=O) groups excluding carboxylic acids is 1. The van der Waals surface area contributed by atoms with Crippen LogP contribution in [0.25, 0.3) is 0 Å². The van der Waals surface area contributed by atoms with Crippen molar-refractivity contribution in [3.05, 3.63) is 35.9 Å². The molecule has 3 heteroatoms. The van der Waals surface area contributed by atoms with Crippen LogP contribution in [-0.2, 0) is 4.79 Å². The number of hydrogen-bond acceptors (Lipinski definition) is 1. The van der Waals surface area contributed by atoms with E-state index in [-0.39, 0.29) is 11.9 Å². The molecule has 2 atom stereocenters. The summed E-state index contributed by atoms with van der Waals surface area (Å²) in [5.74, 6) is 0.538. The molecular weight excluding hydrogens is 246 g/mol. The van der Waals surface area contributed by atoms with Crippen molar-refractivity contribution in [3.8, 4) is 0 Å². The Hall–Kier alpha value is -1.02. The lowest BCUT2D eigenvalue weighted by Crippen LogP contribution is -2.38. The Morgan fingerprint density at radius 3 is 2.50 bits per heavy atom. The van der Waals surface area contributed by atoms with Gasteiger partial charge in [0.25, 0.3) is 0 Å². The van der Waals surface area contributed by atoms with Crippen molar-refractivity contribution >= 4 is 17.5 Å². The van der Waals surface area contributed by atoms with Gasteiger partial charge in [-0.25, -0.2) is 0 Å². The molecule has 1 amide bonds. The first-order valence-electron chi connectivity index (χ1n) is 6.68. The van der Waals surface area contributed by atoms with Crippen LogP contribution in [0.4, 0.5) is 0 Å². The molecule has 0 spiro atoms. The van der Waals surface area contributed by atoms with Crippen molar-refractivity contribution in [1.82, 2.24) is 5.32 Å². The number of alkyl halides is 1. The van der Waals surface area contributed by atoms with E-state index >= 15 is 0 Å². The highest BCUT2D eigenvalue weighted by Crippen LogP contribution is 2.28. The molecule has 2 rings (SSSR count). The lowest BCUT2D eigenvalue weighted by atomic mass is 9.99. The predicted octanol–water partition coefficient (Wildman–Crippen LogP) is 3.66. The molecule has 1 unspecified atom stereocenters. The molecule has 98 valence electrons. The van der Waals surface area contributed by atoms with E-state index in [2.05, 4.69) is 12.2 Å². The van der Waals surface area contributed by atoms with Crippen LogP contribution in [0.5, 0.6) is 0 Å². The average Bonchev–Trinajstić information content (AvgIpc) is 2.92. The third kappa shape index (κ3) is 3.26. The maximum atomic E-state index is 12.1. The van der Waals surface area contributed by atoms with Gasteiger partial charge in [0.1, 0.15) is 5.38 Å². The Kier molecular flexibility index (Phi) is 4.65. The number of nitrogens with one attached hydrogen (secondary N) is 1. The summed E-state index contributed by atoms with van der Waals surface area (Å²) in [6.45, 7) is 2.09. The first kappa shape index (κ1) is 13.4. The van der Waals surface area contributed by atoms with Crippen LogP contribution in [-0.4, -0.2) is 11.9 Å². The second kappa shape index (κ2) is 6.24. The summed E-state index contributed by atoms with van der Waals surface area (Å²) in [4.78, 5) is 12.1. The van der Waals surface area contributed by atoms with Gasteiger partial charge in [-0.05, 0) is 31.2 Å². The van der Waals surface area contributed by atoms with Crippen LogP contribution in [0, 0.1) is 5.92 Å². The zero-order chi connectivity index (χ0) is 13.0. The van der Waals surface area contributed by atoms with Gasteiger partial charge in [-0.3, -0.25) is 4.79 Å². The molecular formula is C15H20ClNO. The molecule has 0 bridgehead atoms. The standard InChI is InChI=1S/C15H20ClNO/c1-11(12-7-5-6-8-12)17-15(18)14(16)13-9-3-2-4-10-13/h2-4,9-12,14H,5-8H2,1H3,(H,17,18)/t11-,14?/m1/s1. The van der Waals surface area contributed by atoms with Gasteiger partial charge in [0.15, 0.2) is 0 Å². The van der Waals surface area contributed by atoms with Crippen molar-refractivity contribution in [3.63, 3.8) is 0 Å². The molecule has 1 saturated carbocycles. The first-order valence-corrected chi connectivity index (χ1v) is 7.11. The summed E-state index contributed by atoms with van der Waals surface area (Å²) in [5, 5.41) is 2.46. The molecule has 0 radical (unpaired) electrons. The molecule has 1 aromatic carbocycles. The third-order valence-corrected chi connectivity index (χ3v) is 4.25. The average molecular weight is 266 g/mol. The summed E-state index contributed by atoms with van der Waals surface area (Å²) in [6, 6.07) is 9.72. The number of carbonyl (C=O) groups is 1. The van der Waals surface area contributed by atoms with Crippen molar-refractivity contribution in [2.75, 3.05) is 0 Å². The Morgan fingerprint density at radius 1 is 1.28 bits per heavy atom. The molecule has 0 aliphatic heterocycles. The van der Waals surface area contributed by atoms with E-state index in [9.17, 15) is 4.79 Å². The molecule has 0 saturated heterocycles. The van der Waals surface area contributed by atoms with Crippen LogP contribution in [0.2, 0.25) is 0 Å². The molecule has 0 aromatic heterocycles. The molecule has 1 aromatic rings. The highest BCUT2D eigenvalue weighted by Gasteiger charge is 2.25. The molecule has 2 nitrogen and oxygen atoms in total. The predicted molar refractivity (Wildman–Crippen MR) is 74.6 cm³/mol. The largest absolute Gasteiger partial charge is 0.352 e. The Balaban J connectivity index is 1.91. The maximum absolute atomic E-state index is 12.1. The second-order valence-electron chi connectivity index (χ2n) is 5.12. The van der Waals surface area contributed by atoms with Crippen LogP contribution < -0.4 is 5.32 Å². The number of amides is 1. The second-order valence-corrected chi connectivity index (χ2v) is 5.55. The van der Waals surface area contributed by atoms with Crippen molar-refractivity contribution in [2.24, 2.45) is 5.92 Å². The van der Waals surface area contributed by atoms with Crippen molar-refractivity contribution < 1.29 is 4.79 Å². The number of hydrogen-bond donors (Lipinski definition) is 1. The number of benzene rings is 1. The number of halogens is 1.